The van der Waals surface area contributed by atoms with Crippen LogP contribution in [0.5, 0.6) is 0 Å². The van der Waals surface area contributed by atoms with Crippen LogP contribution in [0, 0.1) is 0 Å². The van der Waals surface area contributed by atoms with E-state index in [0.717, 1.165) is 26.2 Å². The molecule has 3 nitrogen and oxygen atoms in total. The standard InChI is InChI=1S/C12H26N2O/c1-5-12-9-15-11(4)8-14(12)10(3)7-13-6-2/h10-13H,5-9H2,1-4H3. The van der Waals surface area contributed by atoms with Gasteiger partial charge in [-0.1, -0.05) is 13.8 Å². The van der Waals surface area contributed by atoms with Crippen molar-refractivity contribution >= 4 is 0 Å². The first-order valence-corrected chi connectivity index (χ1v) is 6.27. The van der Waals surface area contributed by atoms with Gasteiger partial charge < -0.3 is 10.1 Å². The Morgan fingerprint density at radius 2 is 2.20 bits per heavy atom. The fourth-order valence-corrected chi connectivity index (χ4v) is 2.23. The lowest BCUT2D eigenvalue weighted by Crippen LogP contribution is -2.54. The fraction of sp³-hybridized carbons (Fsp3) is 1.00. The summed E-state index contributed by atoms with van der Waals surface area (Å²) in [4.78, 5) is 2.59. The highest BCUT2D eigenvalue weighted by Gasteiger charge is 2.28. The van der Waals surface area contributed by atoms with Crippen LogP contribution in [-0.2, 0) is 4.74 Å². The van der Waals surface area contributed by atoms with Gasteiger partial charge in [-0.25, -0.2) is 0 Å². The molecule has 0 aliphatic carbocycles. The second-order valence-corrected chi connectivity index (χ2v) is 4.56. The summed E-state index contributed by atoms with van der Waals surface area (Å²) in [7, 11) is 0. The van der Waals surface area contributed by atoms with Gasteiger partial charge in [-0.2, -0.15) is 0 Å². The molecule has 3 heteroatoms. The van der Waals surface area contributed by atoms with Gasteiger partial charge in [0.25, 0.3) is 0 Å². The van der Waals surface area contributed by atoms with E-state index in [9.17, 15) is 0 Å². The van der Waals surface area contributed by atoms with Crippen LogP contribution in [0.1, 0.15) is 34.1 Å². The van der Waals surface area contributed by atoms with Crippen molar-refractivity contribution in [3.05, 3.63) is 0 Å². The maximum absolute atomic E-state index is 5.70. The van der Waals surface area contributed by atoms with Gasteiger partial charge in [-0.3, -0.25) is 4.90 Å². The van der Waals surface area contributed by atoms with Crippen molar-refractivity contribution in [2.45, 2.75) is 52.3 Å². The number of nitrogens with zero attached hydrogens (tertiary/aromatic N) is 1. The Hall–Kier alpha value is -0.120. The molecule has 1 aliphatic heterocycles. The molecule has 1 saturated heterocycles. The third kappa shape index (κ3) is 3.74. The van der Waals surface area contributed by atoms with Gasteiger partial charge in [0.1, 0.15) is 0 Å². The molecule has 1 N–H and O–H groups in total. The average molecular weight is 214 g/mol. The molecule has 0 radical (unpaired) electrons. The van der Waals surface area contributed by atoms with E-state index in [-0.39, 0.29) is 0 Å². The van der Waals surface area contributed by atoms with Crippen LogP contribution in [0.3, 0.4) is 0 Å². The molecular formula is C12H26N2O. The van der Waals surface area contributed by atoms with Crippen LogP contribution in [0.25, 0.3) is 0 Å². The average Bonchev–Trinajstić information content (AvgIpc) is 2.25. The molecule has 1 fully saturated rings. The number of likely N-dealkylation sites (N-methyl/N-ethyl adjacent to an activating group) is 1. The SMILES string of the molecule is CCNCC(C)N1CC(C)OCC1CC. The molecule has 0 aromatic heterocycles. The molecule has 0 aromatic rings. The lowest BCUT2D eigenvalue weighted by atomic mass is 10.1. The fourth-order valence-electron chi connectivity index (χ4n) is 2.23. The molecule has 1 heterocycles. The lowest BCUT2D eigenvalue weighted by molar-refractivity contribution is -0.0694. The highest BCUT2D eigenvalue weighted by atomic mass is 16.5. The third-order valence-corrected chi connectivity index (χ3v) is 3.24. The predicted molar refractivity (Wildman–Crippen MR) is 64.2 cm³/mol. The summed E-state index contributed by atoms with van der Waals surface area (Å²) in [6, 6.07) is 1.22. The highest BCUT2D eigenvalue weighted by molar-refractivity contribution is 4.82. The van der Waals surface area contributed by atoms with E-state index in [0.29, 0.717) is 18.2 Å². The third-order valence-electron chi connectivity index (χ3n) is 3.24. The first kappa shape index (κ1) is 12.9. The molecule has 1 aliphatic rings. The quantitative estimate of drug-likeness (QED) is 0.750. The largest absolute Gasteiger partial charge is 0.376 e. The van der Waals surface area contributed by atoms with Crippen molar-refractivity contribution < 1.29 is 4.74 Å². The Kier molecular flexibility index (Phi) is 5.58. The second-order valence-electron chi connectivity index (χ2n) is 4.56. The summed E-state index contributed by atoms with van der Waals surface area (Å²) in [6.07, 6.45) is 1.57. The summed E-state index contributed by atoms with van der Waals surface area (Å²) < 4.78 is 5.70. The highest BCUT2D eigenvalue weighted by Crippen LogP contribution is 2.17. The second kappa shape index (κ2) is 6.46. The molecule has 0 aromatic carbocycles. The van der Waals surface area contributed by atoms with Crippen LogP contribution in [0.4, 0.5) is 0 Å². The van der Waals surface area contributed by atoms with Crippen molar-refractivity contribution in [3.8, 4) is 0 Å². The molecule has 3 atom stereocenters. The van der Waals surface area contributed by atoms with Crippen molar-refractivity contribution in [2.75, 3.05) is 26.2 Å². The van der Waals surface area contributed by atoms with Crippen LogP contribution in [0.2, 0.25) is 0 Å². The zero-order valence-electron chi connectivity index (χ0n) is 10.6. The maximum atomic E-state index is 5.70. The number of hydrogen-bond donors (Lipinski definition) is 1. The summed E-state index contributed by atoms with van der Waals surface area (Å²) in [5.41, 5.74) is 0. The number of morpholine rings is 1. The van der Waals surface area contributed by atoms with E-state index in [1.54, 1.807) is 0 Å². The minimum Gasteiger partial charge on any atom is -0.376 e. The van der Waals surface area contributed by atoms with Crippen molar-refractivity contribution in [2.24, 2.45) is 0 Å². The molecule has 0 bridgehead atoms. The van der Waals surface area contributed by atoms with Crippen LogP contribution in [0.15, 0.2) is 0 Å². The van der Waals surface area contributed by atoms with Gasteiger partial charge in [0.2, 0.25) is 0 Å². The van der Waals surface area contributed by atoms with E-state index in [1.165, 1.54) is 6.42 Å². The topological polar surface area (TPSA) is 24.5 Å². The van der Waals surface area contributed by atoms with Crippen LogP contribution in [-0.4, -0.2) is 49.3 Å². The summed E-state index contributed by atoms with van der Waals surface area (Å²) in [5, 5.41) is 3.42. The van der Waals surface area contributed by atoms with E-state index >= 15 is 0 Å². The normalized spacial score (nSPS) is 30.4. The minimum atomic E-state index is 0.386. The molecule has 90 valence electrons. The van der Waals surface area contributed by atoms with E-state index in [1.807, 2.05) is 0 Å². The van der Waals surface area contributed by atoms with Gasteiger partial charge in [0.05, 0.1) is 12.7 Å². The molecule has 15 heavy (non-hydrogen) atoms. The van der Waals surface area contributed by atoms with Crippen LogP contribution >= 0.6 is 0 Å². The Morgan fingerprint density at radius 3 is 2.80 bits per heavy atom. The number of ether oxygens (including phenoxy) is 1. The van der Waals surface area contributed by atoms with Gasteiger partial charge in [-0.15, -0.1) is 0 Å². The molecule has 0 spiro atoms. The van der Waals surface area contributed by atoms with Crippen LogP contribution < -0.4 is 5.32 Å². The Labute approximate surface area is 94.2 Å². The Bertz CT molecular complexity index is 175. The molecule has 0 amide bonds. The van der Waals surface area contributed by atoms with E-state index in [2.05, 4.69) is 37.9 Å². The smallest absolute Gasteiger partial charge is 0.0674 e. The summed E-state index contributed by atoms with van der Waals surface area (Å²) in [5.74, 6) is 0. The van der Waals surface area contributed by atoms with Crippen molar-refractivity contribution in [3.63, 3.8) is 0 Å². The van der Waals surface area contributed by atoms with Crippen molar-refractivity contribution in [1.29, 1.82) is 0 Å². The van der Waals surface area contributed by atoms with Gasteiger partial charge in [-0.05, 0) is 26.8 Å². The van der Waals surface area contributed by atoms with Gasteiger partial charge in [0, 0.05) is 25.2 Å². The Balaban J connectivity index is 2.46. The van der Waals surface area contributed by atoms with Gasteiger partial charge >= 0.3 is 0 Å². The maximum Gasteiger partial charge on any atom is 0.0674 e. The van der Waals surface area contributed by atoms with Gasteiger partial charge in [0.15, 0.2) is 0 Å². The Morgan fingerprint density at radius 1 is 1.47 bits per heavy atom. The molecular weight excluding hydrogens is 188 g/mol. The zero-order chi connectivity index (χ0) is 11.3. The minimum absolute atomic E-state index is 0.386. The van der Waals surface area contributed by atoms with Crippen molar-refractivity contribution in [1.82, 2.24) is 10.2 Å². The molecule has 0 saturated carbocycles. The first-order chi connectivity index (χ1) is 7.19. The summed E-state index contributed by atoms with van der Waals surface area (Å²) in [6.45, 7) is 13.0. The molecule has 1 rings (SSSR count). The van der Waals surface area contributed by atoms with E-state index in [4.69, 9.17) is 4.74 Å². The van der Waals surface area contributed by atoms with E-state index < -0.39 is 0 Å². The predicted octanol–water partition coefficient (Wildman–Crippen LogP) is 1.48. The lowest BCUT2D eigenvalue weighted by Gasteiger charge is -2.42. The monoisotopic (exact) mass is 214 g/mol. The number of hydrogen-bond acceptors (Lipinski definition) is 3. The number of rotatable bonds is 5. The zero-order valence-corrected chi connectivity index (χ0v) is 10.6. The molecule has 3 unspecified atom stereocenters. The summed E-state index contributed by atoms with van der Waals surface area (Å²) >= 11 is 0. The number of nitrogens with one attached hydrogen (secondary N) is 1. The first-order valence-electron chi connectivity index (χ1n) is 6.27.